The average molecular weight is 246 g/mol. The van der Waals surface area contributed by atoms with Gasteiger partial charge in [-0.2, -0.15) is 0 Å². The Morgan fingerprint density at radius 3 is 3.00 bits per heavy atom. The summed E-state index contributed by atoms with van der Waals surface area (Å²) >= 11 is 0. The van der Waals surface area contributed by atoms with Gasteiger partial charge in [0.2, 0.25) is 5.91 Å². The largest absolute Gasteiger partial charge is 0.296 e. The van der Waals surface area contributed by atoms with Crippen molar-refractivity contribution in [2.24, 2.45) is 11.0 Å². The molecule has 0 saturated carbocycles. The second-order valence-electron chi connectivity index (χ2n) is 4.40. The summed E-state index contributed by atoms with van der Waals surface area (Å²) in [5, 5.41) is 3.52. The van der Waals surface area contributed by atoms with Crippen molar-refractivity contribution in [2.75, 3.05) is 18.0 Å². The van der Waals surface area contributed by atoms with E-state index in [1.165, 1.54) is 0 Å². The molecule has 2 heterocycles. The lowest BCUT2D eigenvalue weighted by Crippen LogP contribution is -2.26. The summed E-state index contributed by atoms with van der Waals surface area (Å²) in [4.78, 5) is 24.7. The van der Waals surface area contributed by atoms with Gasteiger partial charge in [0, 0.05) is 36.2 Å². The third kappa shape index (κ3) is 2.57. The van der Waals surface area contributed by atoms with Crippen LogP contribution in [0.4, 0.5) is 5.82 Å². The first-order chi connectivity index (χ1) is 8.60. The number of nitrogens with zero attached hydrogens (tertiary/aromatic N) is 6. The standard InChI is InChI=1S/C11H14N6O/c1-7-3-10(15-8(2)14-7)17-6-9(4-11(17)18)5-13-16-12/h3,9H,4-6H2,1-2H3. The number of hydrogen-bond donors (Lipinski definition) is 0. The number of carbonyl (C=O) groups excluding carboxylic acids is 1. The van der Waals surface area contributed by atoms with Crippen LogP contribution < -0.4 is 4.90 Å². The smallest absolute Gasteiger partial charge is 0.228 e. The van der Waals surface area contributed by atoms with Gasteiger partial charge in [-0.1, -0.05) is 5.11 Å². The Balaban J connectivity index is 2.18. The van der Waals surface area contributed by atoms with Crippen LogP contribution in [0.15, 0.2) is 11.2 Å². The number of aromatic nitrogens is 2. The number of rotatable bonds is 3. The Kier molecular flexibility index (Phi) is 3.43. The van der Waals surface area contributed by atoms with Crippen molar-refractivity contribution in [3.63, 3.8) is 0 Å². The Morgan fingerprint density at radius 2 is 2.33 bits per heavy atom. The van der Waals surface area contributed by atoms with Gasteiger partial charge in [0.15, 0.2) is 0 Å². The highest BCUT2D eigenvalue weighted by atomic mass is 16.2. The van der Waals surface area contributed by atoms with E-state index in [2.05, 4.69) is 20.0 Å². The van der Waals surface area contributed by atoms with E-state index in [-0.39, 0.29) is 11.8 Å². The van der Waals surface area contributed by atoms with Crippen LogP contribution in [-0.4, -0.2) is 29.0 Å². The summed E-state index contributed by atoms with van der Waals surface area (Å²) in [6, 6.07) is 1.79. The molecule has 18 heavy (non-hydrogen) atoms. The molecule has 1 aromatic heterocycles. The molecule has 7 nitrogen and oxygen atoms in total. The van der Waals surface area contributed by atoms with Gasteiger partial charge < -0.3 is 0 Å². The normalized spacial score (nSPS) is 18.9. The quantitative estimate of drug-likeness (QED) is 0.462. The van der Waals surface area contributed by atoms with Crippen LogP contribution in [0.25, 0.3) is 10.4 Å². The van der Waals surface area contributed by atoms with Gasteiger partial charge in [-0.15, -0.1) is 0 Å². The molecular weight excluding hydrogens is 232 g/mol. The van der Waals surface area contributed by atoms with Gasteiger partial charge >= 0.3 is 0 Å². The zero-order valence-electron chi connectivity index (χ0n) is 10.4. The van der Waals surface area contributed by atoms with Crippen molar-refractivity contribution in [1.82, 2.24) is 9.97 Å². The zero-order valence-corrected chi connectivity index (χ0v) is 10.4. The second kappa shape index (κ2) is 5.01. The third-order valence-electron chi connectivity index (χ3n) is 2.84. The number of carbonyl (C=O) groups is 1. The highest BCUT2D eigenvalue weighted by Crippen LogP contribution is 2.24. The molecule has 1 aliphatic heterocycles. The molecule has 1 fully saturated rings. The Morgan fingerprint density at radius 1 is 1.56 bits per heavy atom. The van der Waals surface area contributed by atoms with Crippen molar-refractivity contribution in [3.05, 3.63) is 28.0 Å². The van der Waals surface area contributed by atoms with E-state index in [1.807, 2.05) is 6.92 Å². The fourth-order valence-electron chi connectivity index (χ4n) is 2.11. The van der Waals surface area contributed by atoms with Crippen LogP contribution >= 0.6 is 0 Å². The summed E-state index contributed by atoms with van der Waals surface area (Å²) in [6.45, 7) is 4.57. The minimum Gasteiger partial charge on any atom is -0.296 e. The number of amides is 1. The second-order valence-corrected chi connectivity index (χ2v) is 4.40. The molecule has 1 atom stereocenters. The van der Waals surface area contributed by atoms with Gasteiger partial charge in [-0.3, -0.25) is 9.69 Å². The van der Waals surface area contributed by atoms with Crippen molar-refractivity contribution in [2.45, 2.75) is 20.3 Å². The molecule has 0 bridgehead atoms. The lowest BCUT2D eigenvalue weighted by atomic mass is 10.1. The van der Waals surface area contributed by atoms with Crippen molar-refractivity contribution in [1.29, 1.82) is 0 Å². The van der Waals surface area contributed by atoms with Crippen LogP contribution in [-0.2, 0) is 4.79 Å². The molecule has 1 unspecified atom stereocenters. The van der Waals surface area contributed by atoms with Crippen LogP contribution in [0.3, 0.4) is 0 Å². The summed E-state index contributed by atoms with van der Waals surface area (Å²) in [5.74, 6) is 1.37. The topological polar surface area (TPSA) is 94.8 Å². The summed E-state index contributed by atoms with van der Waals surface area (Å²) < 4.78 is 0. The maximum Gasteiger partial charge on any atom is 0.228 e. The summed E-state index contributed by atoms with van der Waals surface area (Å²) in [6.07, 6.45) is 0.404. The fraction of sp³-hybridized carbons (Fsp3) is 0.545. The number of azide groups is 1. The average Bonchev–Trinajstić information content (AvgIpc) is 2.66. The molecule has 0 radical (unpaired) electrons. The molecule has 0 aliphatic carbocycles. The van der Waals surface area contributed by atoms with Gasteiger partial charge in [-0.05, 0) is 25.3 Å². The van der Waals surface area contributed by atoms with E-state index < -0.39 is 0 Å². The number of anilines is 1. The zero-order chi connectivity index (χ0) is 13.1. The van der Waals surface area contributed by atoms with Crippen molar-refractivity contribution >= 4 is 11.7 Å². The lowest BCUT2D eigenvalue weighted by Gasteiger charge is -2.16. The van der Waals surface area contributed by atoms with Gasteiger partial charge in [-0.25, -0.2) is 9.97 Å². The first-order valence-electron chi connectivity index (χ1n) is 5.73. The summed E-state index contributed by atoms with van der Waals surface area (Å²) in [7, 11) is 0. The minimum atomic E-state index is 0.0191. The summed E-state index contributed by atoms with van der Waals surface area (Å²) in [5.41, 5.74) is 9.12. The van der Waals surface area contributed by atoms with E-state index in [9.17, 15) is 4.79 Å². The molecule has 94 valence electrons. The van der Waals surface area contributed by atoms with Crippen LogP contribution in [0.1, 0.15) is 17.9 Å². The van der Waals surface area contributed by atoms with Gasteiger partial charge in [0.05, 0.1) is 0 Å². The maximum atomic E-state index is 11.9. The van der Waals surface area contributed by atoms with Crippen LogP contribution in [0.5, 0.6) is 0 Å². The molecule has 0 spiro atoms. The van der Waals surface area contributed by atoms with E-state index >= 15 is 0 Å². The predicted octanol–water partition coefficient (Wildman–Crippen LogP) is 1.76. The molecule has 1 aromatic rings. The Bertz CT molecular complexity index is 502. The first-order valence-corrected chi connectivity index (χ1v) is 5.73. The van der Waals surface area contributed by atoms with E-state index in [0.29, 0.717) is 31.2 Å². The molecule has 0 N–H and O–H groups in total. The van der Waals surface area contributed by atoms with Gasteiger partial charge in [0.1, 0.15) is 11.6 Å². The molecule has 1 amide bonds. The van der Waals surface area contributed by atoms with Crippen molar-refractivity contribution < 1.29 is 4.79 Å². The molecule has 0 aromatic carbocycles. The first kappa shape index (κ1) is 12.3. The maximum absolute atomic E-state index is 11.9. The number of hydrogen-bond acceptors (Lipinski definition) is 4. The fourth-order valence-corrected chi connectivity index (χ4v) is 2.11. The Labute approximate surface area is 104 Å². The van der Waals surface area contributed by atoms with E-state index in [4.69, 9.17) is 5.53 Å². The van der Waals surface area contributed by atoms with Crippen LogP contribution in [0, 0.1) is 19.8 Å². The molecule has 2 rings (SSSR count). The molecule has 1 saturated heterocycles. The SMILES string of the molecule is Cc1cc(N2CC(CN=[N+]=[N-])CC2=O)nc(C)n1. The highest BCUT2D eigenvalue weighted by Gasteiger charge is 2.31. The van der Waals surface area contributed by atoms with Crippen LogP contribution in [0.2, 0.25) is 0 Å². The monoisotopic (exact) mass is 246 g/mol. The lowest BCUT2D eigenvalue weighted by molar-refractivity contribution is -0.117. The van der Waals surface area contributed by atoms with Crippen molar-refractivity contribution in [3.8, 4) is 0 Å². The highest BCUT2D eigenvalue weighted by molar-refractivity contribution is 5.94. The molecular formula is C11H14N6O. The molecule has 1 aliphatic rings. The predicted molar refractivity (Wildman–Crippen MR) is 66.0 cm³/mol. The van der Waals surface area contributed by atoms with Gasteiger partial charge in [0.25, 0.3) is 0 Å². The van der Waals surface area contributed by atoms with E-state index in [0.717, 1.165) is 5.69 Å². The molecule has 7 heteroatoms. The minimum absolute atomic E-state index is 0.0191. The third-order valence-corrected chi connectivity index (χ3v) is 2.84. The Hall–Kier alpha value is -2.14. The van der Waals surface area contributed by atoms with E-state index in [1.54, 1.807) is 17.9 Å². The number of aryl methyl sites for hydroxylation is 2.